The third kappa shape index (κ3) is 1.71. The first-order valence-electron chi connectivity index (χ1n) is 4.63. The molecule has 3 nitrogen and oxygen atoms in total. The molecule has 16 heavy (non-hydrogen) atoms. The van der Waals surface area contributed by atoms with Crippen molar-refractivity contribution in [1.82, 2.24) is 4.98 Å². The zero-order valence-corrected chi connectivity index (χ0v) is 8.31. The molecular formula is C12H8FN3. The topological polar surface area (TPSA) is 62.7 Å². The number of nitrogen functional groups attached to an aromatic ring is 1. The van der Waals surface area contributed by atoms with Crippen LogP contribution in [0.15, 0.2) is 36.5 Å². The zero-order valence-electron chi connectivity index (χ0n) is 8.31. The molecule has 0 spiro atoms. The van der Waals surface area contributed by atoms with Gasteiger partial charge in [-0.05, 0) is 23.8 Å². The molecule has 4 heteroatoms. The number of hydrogen-bond donors (Lipinski definition) is 1. The van der Waals surface area contributed by atoms with Crippen LogP contribution in [0.3, 0.4) is 0 Å². The van der Waals surface area contributed by atoms with Crippen molar-refractivity contribution < 1.29 is 4.39 Å². The van der Waals surface area contributed by atoms with E-state index in [0.717, 1.165) is 5.56 Å². The van der Waals surface area contributed by atoms with Gasteiger partial charge in [-0.15, -0.1) is 0 Å². The van der Waals surface area contributed by atoms with E-state index in [9.17, 15) is 4.39 Å². The number of hydrogen-bond acceptors (Lipinski definition) is 3. The first-order chi connectivity index (χ1) is 7.72. The summed E-state index contributed by atoms with van der Waals surface area (Å²) in [6.07, 6.45) is 1.52. The molecule has 1 aromatic heterocycles. The first kappa shape index (κ1) is 10.1. The Kier molecular flexibility index (Phi) is 2.52. The summed E-state index contributed by atoms with van der Waals surface area (Å²) in [5.74, 6) is -0.131. The predicted octanol–water partition coefficient (Wildman–Crippen LogP) is 2.34. The second-order valence-electron chi connectivity index (χ2n) is 3.24. The van der Waals surface area contributed by atoms with Crippen LogP contribution in [-0.2, 0) is 0 Å². The zero-order chi connectivity index (χ0) is 11.5. The number of rotatable bonds is 1. The molecule has 2 aromatic rings. The van der Waals surface area contributed by atoms with E-state index in [2.05, 4.69) is 4.98 Å². The highest BCUT2D eigenvalue weighted by Gasteiger charge is 2.08. The van der Waals surface area contributed by atoms with Crippen LogP contribution in [0.25, 0.3) is 11.1 Å². The van der Waals surface area contributed by atoms with Gasteiger partial charge in [0.25, 0.3) is 0 Å². The van der Waals surface area contributed by atoms with Gasteiger partial charge in [0.05, 0.1) is 0 Å². The van der Waals surface area contributed by atoms with Gasteiger partial charge < -0.3 is 5.73 Å². The van der Waals surface area contributed by atoms with Crippen molar-refractivity contribution in [3.8, 4) is 17.2 Å². The Bertz CT molecular complexity index is 555. The number of nitriles is 1. The number of aromatic nitrogens is 1. The minimum atomic E-state index is -0.315. The maximum absolute atomic E-state index is 12.8. The molecule has 0 fully saturated rings. The van der Waals surface area contributed by atoms with Crippen LogP contribution in [0.1, 0.15) is 5.56 Å². The Labute approximate surface area is 92.0 Å². The standard InChI is InChI=1S/C12H8FN3/c13-9-3-1-8(2-4-9)10-5-6-16-12(15)11(10)7-14/h1-6H,(H2,15,16). The quantitative estimate of drug-likeness (QED) is 0.790. The average Bonchev–Trinajstić information content (AvgIpc) is 2.30. The monoisotopic (exact) mass is 213 g/mol. The van der Waals surface area contributed by atoms with Crippen LogP contribution < -0.4 is 5.73 Å². The lowest BCUT2D eigenvalue weighted by Gasteiger charge is -2.05. The van der Waals surface area contributed by atoms with Crippen LogP contribution in [0.2, 0.25) is 0 Å². The number of nitrogens with two attached hydrogens (primary N) is 1. The van der Waals surface area contributed by atoms with Crippen molar-refractivity contribution in [2.75, 3.05) is 5.73 Å². The first-order valence-corrected chi connectivity index (χ1v) is 4.63. The summed E-state index contributed by atoms with van der Waals surface area (Å²) < 4.78 is 12.8. The predicted molar refractivity (Wildman–Crippen MR) is 58.8 cm³/mol. The minimum Gasteiger partial charge on any atom is -0.383 e. The molecule has 2 rings (SSSR count). The molecule has 0 saturated carbocycles. The third-order valence-electron chi connectivity index (χ3n) is 2.25. The fourth-order valence-electron chi connectivity index (χ4n) is 1.47. The molecule has 0 unspecified atom stereocenters. The van der Waals surface area contributed by atoms with E-state index in [1.807, 2.05) is 6.07 Å². The van der Waals surface area contributed by atoms with Gasteiger partial charge in [-0.25, -0.2) is 9.37 Å². The highest BCUT2D eigenvalue weighted by molar-refractivity contribution is 5.74. The molecule has 0 saturated heterocycles. The van der Waals surface area contributed by atoms with Crippen LogP contribution in [0, 0.1) is 17.1 Å². The van der Waals surface area contributed by atoms with E-state index < -0.39 is 0 Å². The molecule has 0 atom stereocenters. The van der Waals surface area contributed by atoms with Crippen molar-refractivity contribution in [2.45, 2.75) is 0 Å². The summed E-state index contributed by atoms with van der Waals surface area (Å²) in [5.41, 5.74) is 7.31. The van der Waals surface area contributed by atoms with E-state index in [-0.39, 0.29) is 11.6 Å². The van der Waals surface area contributed by atoms with Crippen LogP contribution in [-0.4, -0.2) is 4.98 Å². The summed E-state index contributed by atoms with van der Waals surface area (Å²) in [4.78, 5) is 3.83. The van der Waals surface area contributed by atoms with E-state index in [1.54, 1.807) is 18.2 Å². The van der Waals surface area contributed by atoms with Crippen LogP contribution in [0.5, 0.6) is 0 Å². The molecule has 0 aliphatic heterocycles. The van der Waals surface area contributed by atoms with Gasteiger partial charge in [-0.1, -0.05) is 12.1 Å². The smallest absolute Gasteiger partial charge is 0.141 e. The molecule has 2 N–H and O–H groups in total. The summed E-state index contributed by atoms with van der Waals surface area (Å²) in [7, 11) is 0. The number of halogens is 1. The molecule has 0 aliphatic carbocycles. The lowest BCUT2D eigenvalue weighted by Crippen LogP contribution is -1.96. The minimum absolute atomic E-state index is 0.185. The van der Waals surface area contributed by atoms with Crippen molar-refractivity contribution in [2.24, 2.45) is 0 Å². The second-order valence-corrected chi connectivity index (χ2v) is 3.24. The molecule has 0 aliphatic rings. The Balaban J connectivity index is 2.61. The van der Waals surface area contributed by atoms with Gasteiger partial charge in [0.1, 0.15) is 23.3 Å². The summed E-state index contributed by atoms with van der Waals surface area (Å²) in [6.45, 7) is 0. The summed E-state index contributed by atoms with van der Waals surface area (Å²) in [6, 6.07) is 9.56. The lowest BCUT2D eigenvalue weighted by atomic mass is 10.0. The molecule has 0 radical (unpaired) electrons. The van der Waals surface area contributed by atoms with E-state index in [1.165, 1.54) is 18.3 Å². The molecular weight excluding hydrogens is 205 g/mol. The maximum Gasteiger partial charge on any atom is 0.141 e. The van der Waals surface area contributed by atoms with E-state index in [4.69, 9.17) is 11.0 Å². The van der Waals surface area contributed by atoms with Crippen LogP contribution in [0.4, 0.5) is 10.2 Å². The van der Waals surface area contributed by atoms with Crippen LogP contribution >= 0.6 is 0 Å². The van der Waals surface area contributed by atoms with Gasteiger partial charge in [0.15, 0.2) is 0 Å². The molecule has 78 valence electrons. The molecule has 0 amide bonds. The number of nitrogens with zero attached hydrogens (tertiary/aromatic N) is 2. The lowest BCUT2D eigenvalue weighted by molar-refractivity contribution is 0.628. The van der Waals surface area contributed by atoms with E-state index in [0.29, 0.717) is 11.1 Å². The largest absolute Gasteiger partial charge is 0.383 e. The van der Waals surface area contributed by atoms with Crippen molar-refractivity contribution >= 4 is 5.82 Å². The van der Waals surface area contributed by atoms with Gasteiger partial charge in [-0.3, -0.25) is 0 Å². The Morgan fingerprint density at radius 2 is 1.88 bits per heavy atom. The molecule has 0 bridgehead atoms. The number of pyridine rings is 1. The van der Waals surface area contributed by atoms with Gasteiger partial charge in [0, 0.05) is 11.8 Å². The van der Waals surface area contributed by atoms with Gasteiger partial charge in [-0.2, -0.15) is 5.26 Å². The molecule has 1 heterocycles. The van der Waals surface area contributed by atoms with Crippen molar-refractivity contribution in [3.63, 3.8) is 0 Å². The SMILES string of the molecule is N#Cc1c(-c2ccc(F)cc2)ccnc1N. The normalized spacial score (nSPS) is 9.75. The number of benzene rings is 1. The fourth-order valence-corrected chi connectivity index (χ4v) is 1.47. The fraction of sp³-hybridized carbons (Fsp3) is 0. The summed E-state index contributed by atoms with van der Waals surface area (Å²) >= 11 is 0. The Morgan fingerprint density at radius 1 is 1.19 bits per heavy atom. The highest BCUT2D eigenvalue weighted by atomic mass is 19.1. The number of anilines is 1. The van der Waals surface area contributed by atoms with Gasteiger partial charge in [0.2, 0.25) is 0 Å². The Morgan fingerprint density at radius 3 is 2.50 bits per heavy atom. The second kappa shape index (κ2) is 3.99. The Hall–Kier alpha value is -2.41. The molecule has 1 aromatic carbocycles. The highest BCUT2D eigenvalue weighted by Crippen LogP contribution is 2.25. The maximum atomic E-state index is 12.8. The van der Waals surface area contributed by atoms with Crippen molar-refractivity contribution in [1.29, 1.82) is 5.26 Å². The third-order valence-corrected chi connectivity index (χ3v) is 2.25. The summed E-state index contributed by atoms with van der Waals surface area (Å²) in [5, 5.41) is 8.97. The van der Waals surface area contributed by atoms with Gasteiger partial charge >= 0.3 is 0 Å². The average molecular weight is 213 g/mol. The van der Waals surface area contributed by atoms with E-state index >= 15 is 0 Å². The van der Waals surface area contributed by atoms with Crippen molar-refractivity contribution in [3.05, 3.63) is 47.9 Å².